The van der Waals surface area contributed by atoms with Crippen molar-refractivity contribution in [2.24, 2.45) is 11.7 Å². The molecule has 0 spiro atoms. The Labute approximate surface area is 293 Å². The smallest absolute Gasteiger partial charge is 0.228 e. The molecule has 7 heteroatoms. The van der Waals surface area contributed by atoms with Gasteiger partial charge in [0.2, 0.25) is 5.91 Å². The van der Waals surface area contributed by atoms with Gasteiger partial charge in [-0.15, -0.1) is 6.58 Å². The zero-order chi connectivity index (χ0) is 35.2. The summed E-state index contributed by atoms with van der Waals surface area (Å²) < 4.78 is 5.52. The molecule has 2 N–H and O–H groups in total. The number of benzene rings is 1. The van der Waals surface area contributed by atoms with E-state index in [-0.39, 0.29) is 11.8 Å². The van der Waals surface area contributed by atoms with E-state index in [1.165, 1.54) is 57.1 Å². The zero-order valence-electron chi connectivity index (χ0n) is 31.2. The predicted octanol–water partition coefficient (Wildman–Crippen LogP) is 7.87. The minimum atomic E-state index is -0.675. The van der Waals surface area contributed by atoms with Gasteiger partial charge in [0.05, 0.1) is 12.5 Å². The molecular weight excluding hydrogens is 594 g/mol. The van der Waals surface area contributed by atoms with Gasteiger partial charge in [-0.3, -0.25) is 14.7 Å². The van der Waals surface area contributed by atoms with Crippen LogP contribution in [0.5, 0.6) is 5.75 Å². The second-order valence-corrected chi connectivity index (χ2v) is 13.4. The minimum absolute atomic E-state index is 0.0474. The van der Waals surface area contributed by atoms with Crippen LogP contribution in [0.3, 0.4) is 0 Å². The van der Waals surface area contributed by atoms with Crippen molar-refractivity contribution >= 4 is 5.91 Å². The van der Waals surface area contributed by atoms with E-state index < -0.39 is 5.41 Å². The van der Waals surface area contributed by atoms with E-state index >= 15 is 0 Å². The quantitative estimate of drug-likeness (QED) is 0.108. The summed E-state index contributed by atoms with van der Waals surface area (Å²) in [4.78, 5) is 24.9. The number of allylic oxidation sites excluding steroid dienone is 3. The molecule has 2 unspecified atom stereocenters. The van der Waals surface area contributed by atoms with Crippen LogP contribution < -0.4 is 10.5 Å². The number of ether oxygens (including phenoxy) is 1. The highest BCUT2D eigenvalue weighted by Crippen LogP contribution is 2.38. The number of amides is 1. The molecule has 3 rings (SSSR count). The number of pyridine rings is 1. The number of aromatic nitrogens is 1. The summed E-state index contributed by atoms with van der Waals surface area (Å²) in [6.45, 7) is 19.3. The van der Waals surface area contributed by atoms with Crippen LogP contribution in [0.1, 0.15) is 96.6 Å². The predicted molar refractivity (Wildman–Crippen MR) is 203 cm³/mol. The lowest BCUT2D eigenvalue weighted by molar-refractivity contribution is -0.125. The van der Waals surface area contributed by atoms with Crippen molar-refractivity contribution in [1.82, 2.24) is 19.7 Å². The molecule has 2 aromatic rings. The maximum absolute atomic E-state index is 12.9. The SMILES string of the molecule is C/C=C\C(C)C(CCCN(C)CCCCCCCN(CC)C1CCN(Cc2cnccc2OC)CC1)(C(N)=O)c1ccccc1.C=CC. The molecule has 268 valence electrons. The van der Waals surface area contributed by atoms with Gasteiger partial charge in [0.1, 0.15) is 5.75 Å². The van der Waals surface area contributed by atoms with E-state index in [1.54, 1.807) is 19.4 Å². The van der Waals surface area contributed by atoms with Crippen molar-refractivity contribution in [3.8, 4) is 5.75 Å². The Kier molecular flexibility index (Phi) is 20.0. The first-order valence-electron chi connectivity index (χ1n) is 18.4. The van der Waals surface area contributed by atoms with Crippen LogP contribution in [0.4, 0.5) is 0 Å². The van der Waals surface area contributed by atoms with Gasteiger partial charge in [0.25, 0.3) is 0 Å². The molecule has 1 aromatic carbocycles. The van der Waals surface area contributed by atoms with Crippen molar-refractivity contribution in [1.29, 1.82) is 0 Å². The average molecular weight is 662 g/mol. The Balaban J connectivity index is 0.00000257. The third-order valence-corrected chi connectivity index (χ3v) is 10.0. The molecule has 1 aliphatic rings. The highest BCUT2D eigenvalue weighted by Gasteiger charge is 2.42. The van der Waals surface area contributed by atoms with Crippen molar-refractivity contribution in [2.75, 3.05) is 53.4 Å². The monoisotopic (exact) mass is 662 g/mol. The summed E-state index contributed by atoms with van der Waals surface area (Å²) in [6.07, 6.45) is 20.2. The third-order valence-electron chi connectivity index (χ3n) is 10.0. The standard InChI is InChI=1S/C38H61N5O2.C3H6/c1-6-17-32(3)38(37(39)44,34-18-12-11-13-19-34)23-16-26-41(4)25-14-9-8-10-15-27-43(7-2)35-21-28-42(29-22-35)31-33-30-40-24-20-36(33)45-5;1-3-2/h6,11-13,17-20,24,30,32,35H,7-10,14-16,21-23,25-29,31H2,1-5H3,(H2,39,44);3H,1H2,2H3/b17-6-;. The van der Waals surface area contributed by atoms with Crippen LogP contribution in [0, 0.1) is 5.92 Å². The number of carbonyl (C=O) groups is 1. The summed E-state index contributed by atoms with van der Waals surface area (Å²) in [5.41, 5.74) is 7.64. The number of hydrogen-bond donors (Lipinski definition) is 1. The van der Waals surface area contributed by atoms with Crippen LogP contribution >= 0.6 is 0 Å². The fraction of sp³-hybridized carbons (Fsp3) is 0.610. The number of unbranched alkanes of at least 4 members (excludes halogenated alkanes) is 4. The number of nitrogens with two attached hydrogens (primary N) is 1. The van der Waals surface area contributed by atoms with E-state index in [0.29, 0.717) is 6.04 Å². The normalized spacial score (nSPS) is 16.0. The first-order valence-corrected chi connectivity index (χ1v) is 18.4. The Bertz CT molecular complexity index is 1180. The highest BCUT2D eigenvalue weighted by atomic mass is 16.5. The van der Waals surface area contributed by atoms with E-state index in [1.807, 2.05) is 50.4 Å². The molecule has 0 radical (unpaired) electrons. The van der Waals surface area contributed by atoms with Gasteiger partial charge < -0.3 is 20.3 Å². The number of hydrogen-bond acceptors (Lipinski definition) is 6. The molecule has 1 amide bonds. The van der Waals surface area contributed by atoms with Gasteiger partial charge in [-0.2, -0.15) is 0 Å². The van der Waals surface area contributed by atoms with Gasteiger partial charge in [-0.25, -0.2) is 0 Å². The zero-order valence-corrected chi connectivity index (χ0v) is 31.2. The van der Waals surface area contributed by atoms with Crippen LogP contribution in [0.25, 0.3) is 0 Å². The highest BCUT2D eigenvalue weighted by molar-refractivity contribution is 5.87. The van der Waals surface area contributed by atoms with Crippen molar-refractivity contribution < 1.29 is 9.53 Å². The van der Waals surface area contributed by atoms with Crippen molar-refractivity contribution in [3.05, 3.63) is 84.7 Å². The van der Waals surface area contributed by atoms with Gasteiger partial charge in [-0.05, 0) is 116 Å². The van der Waals surface area contributed by atoms with E-state index in [0.717, 1.165) is 63.4 Å². The number of likely N-dealkylation sites (tertiary alicyclic amines) is 1. The third kappa shape index (κ3) is 13.1. The molecule has 1 aromatic heterocycles. The van der Waals surface area contributed by atoms with Crippen molar-refractivity contribution in [3.63, 3.8) is 0 Å². The molecule has 0 aliphatic carbocycles. The topological polar surface area (TPSA) is 74.9 Å². The summed E-state index contributed by atoms with van der Waals surface area (Å²) >= 11 is 0. The first kappa shape index (κ1) is 41.2. The van der Waals surface area contributed by atoms with Gasteiger partial charge in [0.15, 0.2) is 0 Å². The number of nitrogens with zero attached hydrogens (tertiary/aromatic N) is 4. The molecule has 2 atom stereocenters. The summed E-state index contributed by atoms with van der Waals surface area (Å²) in [6, 6.07) is 12.8. The Morgan fingerprint density at radius 1 is 1.06 bits per heavy atom. The number of methoxy groups -OCH3 is 1. The van der Waals surface area contributed by atoms with E-state index in [4.69, 9.17) is 10.5 Å². The maximum Gasteiger partial charge on any atom is 0.228 e. The largest absolute Gasteiger partial charge is 0.496 e. The summed E-state index contributed by atoms with van der Waals surface area (Å²) in [5.74, 6) is 0.761. The fourth-order valence-electron chi connectivity index (χ4n) is 7.29. The average Bonchev–Trinajstić information content (AvgIpc) is 3.09. The Hall–Kier alpha value is -3.00. The lowest BCUT2D eigenvalue weighted by atomic mass is 9.67. The molecule has 2 heterocycles. The van der Waals surface area contributed by atoms with Gasteiger partial charge in [0, 0.05) is 30.5 Å². The van der Waals surface area contributed by atoms with Crippen molar-refractivity contribution in [2.45, 2.75) is 103 Å². The second kappa shape index (κ2) is 23.4. The molecule has 0 bridgehead atoms. The van der Waals surface area contributed by atoms with Crippen LogP contribution in [-0.4, -0.2) is 85.1 Å². The Morgan fingerprint density at radius 3 is 2.29 bits per heavy atom. The molecule has 0 saturated carbocycles. The number of primary amides is 1. The summed E-state index contributed by atoms with van der Waals surface area (Å²) in [5, 5.41) is 0. The first-order chi connectivity index (χ1) is 23.3. The molecule has 48 heavy (non-hydrogen) atoms. The molecule has 1 aliphatic heterocycles. The molecule has 7 nitrogen and oxygen atoms in total. The molecule has 1 fully saturated rings. The lowest BCUT2D eigenvalue weighted by Gasteiger charge is -2.38. The van der Waals surface area contributed by atoms with Crippen LogP contribution in [0.2, 0.25) is 0 Å². The number of carbonyl (C=O) groups excluding carboxylic acids is 1. The minimum Gasteiger partial charge on any atom is -0.496 e. The van der Waals surface area contributed by atoms with Crippen LogP contribution in [0.15, 0.2) is 73.6 Å². The maximum atomic E-state index is 12.9. The van der Waals surface area contributed by atoms with Gasteiger partial charge >= 0.3 is 0 Å². The van der Waals surface area contributed by atoms with Gasteiger partial charge in [-0.1, -0.05) is 81.7 Å². The Morgan fingerprint density at radius 2 is 1.69 bits per heavy atom. The lowest BCUT2D eigenvalue weighted by Crippen LogP contribution is -2.46. The summed E-state index contributed by atoms with van der Waals surface area (Å²) in [7, 11) is 3.95. The van der Waals surface area contributed by atoms with E-state index in [9.17, 15) is 4.79 Å². The van der Waals surface area contributed by atoms with Crippen LogP contribution in [-0.2, 0) is 16.8 Å². The van der Waals surface area contributed by atoms with E-state index in [2.05, 4.69) is 65.4 Å². The molecule has 1 saturated heterocycles. The second-order valence-electron chi connectivity index (χ2n) is 13.4. The number of rotatable bonds is 21. The fourth-order valence-corrected chi connectivity index (χ4v) is 7.29. The number of piperidine rings is 1. The molecular formula is C41H67N5O2.